The molecule has 1 aromatic carbocycles. The minimum atomic E-state index is -0.989. The van der Waals surface area contributed by atoms with Crippen molar-refractivity contribution < 1.29 is 14.7 Å². The van der Waals surface area contributed by atoms with Gasteiger partial charge >= 0.3 is 5.97 Å². The lowest BCUT2D eigenvalue weighted by Crippen LogP contribution is -2.41. The molecule has 1 aromatic rings. The van der Waals surface area contributed by atoms with E-state index in [1.807, 2.05) is 32.9 Å². The summed E-state index contributed by atoms with van der Waals surface area (Å²) in [6.45, 7) is 5.79. The highest BCUT2D eigenvalue weighted by Crippen LogP contribution is 2.20. The van der Waals surface area contributed by atoms with Gasteiger partial charge in [-0.3, -0.25) is 4.79 Å². The lowest BCUT2D eigenvalue weighted by atomic mass is 9.96. The predicted molar refractivity (Wildman–Crippen MR) is 82.9 cm³/mol. The summed E-state index contributed by atoms with van der Waals surface area (Å²) >= 11 is 0. The molecule has 0 fully saturated rings. The van der Waals surface area contributed by atoms with Gasteiger partial charge in [-0.25, -0.2) is 4.79 Å². The summed E-state index contributed by atoms with van der Waals surface area (Å²) in [6.07, 6.45) is 0.684. The van der Waals surface area contributed by atoms with Crippen LogP contribution in [0.2, 0.25) is 0 Å². The van der Waals surface area contributed by atoms with Crippen LogP contribution in [-0.2, 0) is 9.59 Å². The zero-order valence-corrected chi connectivity index (χ0v) is 12.8. The Labute approximate surface area is 125 Å². The quantitative estimate of drug-likeness (QED) is 0.673. The van der Waals surface area contributed by atoms with Gasteiger partial charge in [0, 0.05) is 12.1 Å². The van der Waals surface area contributed by atoms with Gasteiger partial charge in [0.05, 0.1) is 0 Å². The van der Waals surface area contributed by atoms with Crippen molar-refractivity contribution in [1.29, 1.82) is 0 Å². The Bertz CT molecular complexity index is 483. The number of amides is 1. The molecule has 0 radical (unpaired) electrons. The Kier molecular flexibility index (Phi) is 6.21. The van der Waals surface area contributed by atoms with Crippen LogP contribution in [0.3, 0.4) is 0 Å². The number of hydrogen-bond donors (Lipinski definition) is 3. The van der Waals surface area contributed by atoms with Crippen LogP contribution in [0.1, 0.15) is 45.1 Å². The lowest BCUT2D eigenvalue weighted by Gasteiger charge is -2.18. The average molecular weight is 292 g/mol. The highest BCUT2D eigenvalue weighted by molar-refractivity contribution is 5.83. The normalized spacial score (nSPS) is 13.7. The van der Waals surface area contributed by atoms with Crippen LogP contribution in [0.25, 0.3) is 0 Å². The molecular formula is C16H24N2O3. The fourth-order valence-corrected chi connectivity index (χ4v) is 2.17. The Morgan fingerprint density at radius 2 is 1.76 bits per heavy atom. The molecule has 0 spiro atoms. The molecule has 0 aromatic heterocycles. The maximum atomic E-state index is 12.0. The smallest absolute Gasteiger partial charge is 0.326 e. The van der Waals surface area contributed by atoms with Crippen molar-refractivity contribution in [1.82, 2.24) is 5.32 Å². The van der Waals surface area contributed by atoms with E-state index in [1.54, 1.807) is 12.1 Å². The number of rotatable bonds is 7. The van der Waals surface area contributed by atoms with Gasteiger partial charge in [0.15, 0.2) is 0 Å². The number of carboxylic acid groups (broad SMARTS) is 1. The number of benzene rings is 1. The summed E-state index contributed by atoms with van der Waals surface area (Å²) in [5.74, 6) is -1.01. The standard InChI is InChI=1S/C16H24N2O3/c1-10(2)8-14(16(20)21)18-15(19)9-11(3)12-4-6-13(17)7-5-12/h4-7,10-11,14H,8-9,17H2,1-3H3,(H,18,19)(H,20,21)/t11?,14-/m0/s1. The minimum absolute atomic E-state index is 0.0131. The molecule has 2 atom stereocenters. The maximum Gasteiger partial charge on any atom is 0.326 e. The molecule has 5 nitrogen and oxygen atoms in total. The van der Waals surface area contributed by atoms with Gasteiger partial charge < -0.3 is 16.2 Å². The number of nitrogens with one attached hydrogen (secondary N) is 1. The topological polar surface area (TPSA) is 92.4 Å². The molecule has 4 N–H and O–H groups in total. The number of carboxylic acids is 1. The maximum absolute atomic E-state index is 12.0. The van der Waals surface area contributed by atoms with E-state index in [0.717, 1.165) is 5.56 Å². The number of anilines is 1. The Balaban J connectivity index is 2.59. The SMILES string of the molecule is CC(C)C[C@H](NC(=O)CC(C)c1ccc(N)cc1)C(=O)O. The highest BCUT2D eigenvalue weighted by Gasteiger charge is 2.22. The van der Waals surface area contributed by atoms with Crippen molar-refractivity contribution in [2.75, 3.05) is 5.73 Å². The van der Waals surface area contributed by atoms with Crippen LogP contribution >= 0.6 is 0 Å². The molecule has 5 heteroatoms. The van der Waals surface area contributed by atoms with Gasteiger partial charge in [0.25, 0.3) is 0 Å². The van der Waals surface area contributed by atoms with Crippen molar-refractivity contribution in [2.24, 2.45) is 5.92 Å². The van der Waals surface area contributed by atoms with Gasteiger partial charge in [0.1, 0.15) is 6.04 Å². The number of nitrogen functional groups attached to an aromatic ring is 1. The van der Waals surface area contributed by atoms with E-state index in [-0.39, 0.29) is 24.2 Å². The molecule has 0 saturated heterocycles. The first-order valence-electron chi connectivity index (χ1n) is 7.17. The van der Waals surface area contributed by atoms with Crippen molar-refractivity contribution in [3.63, 3.8) is 0 Å². The van der Waals surface area contributed by atoms with Crippen LogP contribution < -0.4 is 11.1 Å². The Morgan fingerprint density at radius 1 is 1.19 bits per heavy atom. The second-order valence-corrected chi connectivity index (χ2v) is 5.86. The third-order valence-corrected chi connectivity index (χ3v) is 3.34. The molecular weight excluding hydrogens is 268 g/mol. The van der Waals surface area contributed by atoms with Gasteiger partial charge in [-0.1, -0.05) is 32.9 Å². The number of nitrogens with two attached hydrogens (primary N) is 1. The summed E-state index contributed by atoms with van der Waals surface area (Å²) in [7, 11) is 0. The van der Waals surface area contributed by atoms with Crippen LogP contribution in [0, 0.1) is 5.92 Å². The van der Waals surface area contributed by atoms with Crippen molar-refractivity contribution in [3.05, 3.63) is 29.8 Å². The summed E-state index contributed by atoms with van der Waals surface area (Å²) in [5.41, 5.74) is 7.32. The van der Waals surface area contributed by atoms with Crippen molar-refractivity contribution in [3.8, 4) is 0 Å². The zero-order valence-electron chi connectivity index (χ0n) is 12.8. The van der Waals surface area contributed by atoms with Crippen LogP contribution in [0.4, 0.5) is 5.69 Å². The van der Waals surface area contributed by atoms with Crippen LogP contribution in [0.5, 0.6) is 0 Å². The van der Waals surface area contributed by atoms with Crippen molar-refractivity contribution in [2.45, 2.75) is 45.6 Å². The number of carbonyl (C=O) groups excluding carboxylic acids is 1. The second kappa shape index (κ2) is 7.67. The lowest BCUT2D eigenvalue weighted by molar-refractivity contribution is -0.142. The summed E-state index contributed by atoms with van der Waals surface area (Å²) in [5, 5.41) is 11.7. The fraction of sp³-hybridized carbons (Fsp3) is 0.500. The van der Waals surface area contributed by atoms with E-state index < -0.39 is 12.0 Å². The van der Waals surface area contributed by atoms with Crippen molar-refractivity contribution >= 4 is 17.6 Å². The molecule has 1 amide bonds. The monoisotopic (exact) mass is 292 g/mol. The minimum Gasteiger partial charge on any atom is -0.480 e. The Morgan fingerprint density at radius 3 is 2.24 bits per heavy atom. The summed E-state index contributed by atoms with van der Waals surface area (Å²) in [6, 6.07) is 6.54. The molecule has 0 aliphatic rings. The molecule has 0 saturated carbocycles. The van der Waals surface area contributed by atoms with Gasteiger partial charge in [-0.05, 0) is 36.0 Å². The van der Waals surface area contributed by atoms with E-state index >= 15 is 0 Å². The van der Waals surface area contributed by atoms with E-state index in [2.05, 4.69) is 5.32 Å². The van der Waals surface area contributed by atoms with Crippen LogP contribution in [0.15, 0.2) is 24.3 Å². The summed E-state index contributed by atoms with van der Waals surface area (Å²) in [4.78, 5) is 23.1. The largest absolute Gasteiger partial charge is 0.480 e. The molecule has 1 rings (SSSR count). The number of hydrogen-bond acceptors (Lipinski definition) is 3. The number of aliphatic carboxylic acids is 1. The van der Waals surface area contributed by atoms with Gasteiger partial charge in [-0.15, -0.1) is 0 Å². The Hall–Kier alpha value is -2.04. The van der Waals surface area contributed by atoms with E-state index in [9.17, 15) is 9.59 Å². The third kappa shape index (κ3) is 5.85. The molecule has 0 bridgehead atoms. The third-order valence-electron chi connectivity index (χ3n) is 3.34. The highest BCUT2D eigenvalue weighted by atomic mass is 16.4. The molecule has 1 unspecified atom stereocenters. The molecule has 0 aliphatic heterocycles. The van der Waals surface area contributed by atoms with Gasteiger partial charge in [0.2, 0.25) is 5.91 Å². The zero-order chi connectivity index (χ0) is 16.0. The van der Waals surface area contributed by atoms with E-state index in [1.165, 1.54) is 0 Å². The molecule has 21 heavy (non-hydrogen) atoms. The van der Waals surface area contributed by atoms with Crippen LogP contribution in [-0.4, -0.2) is 23.0 Å². The first kappa shape index (κ1) is 17.0. The number of carbonyl (C=O) groups is 2. The first-order valence-corrected chi connectivity index (χ1v) is 7.17. The second-order valence-electron chi connectivity index (χ2n) is 5.86. The molecule has 0 heterocycles. The summed E-state index contributed by atoms with van der Waals surface area (Å²) < 4.78 is 0. The predicted octanol–water partition coefficient (Wildman–Crippen LogP) is 2.38. The molecule has 0 aliphatic carbocycles. The van der Waals surface area contributed by atoms with E-state index in [4.69, 9.17) is 10.8 Å². The van der Waals surface area contributed by atoms with E-state index in [0.29, 0.717) is 12.1 Å². The average Bonchev–Trinajstić information content (AvgIpc) is 2.37. The first-order chi connectivity index (χ1) is 9.79. The van der Waals surface area contributed by atoms with Gasteiger partial charge in [-0.2, -0.15) is 0 Å². The molecule has 116 valence electrons. The fourth-order valence-electron chi connectivity index (χ4n) is 2.17.